The minimum absolute atomic E-state index is 0.160. The van der Waals surface area contributed by atoms with Crippen molar-refractivity contribution in [2.45, 2.75) is 19.8 Å². The average molecular weight is 361 g/mol. The molecule has 0 spiro atoms. The number of aryl methyl sites for hydroxylation is 1. The Morgan fingerprint density at radius 2 is 1.92 bits per heavy atom. The van der Waals surface area contributed by atoms with Crippen LogP contribution in [-0.4, -0.2) is 25.5 Å². The van der Waals surface area contributed by atoms with E-state index in [1.165, 1.54) is 0 Å². The Morgan fingerprint density at radius 1 is 1.16 bits per heavy atom. The van der Waals surface area contributed by atoms with Crippen molar-refractivity contribution in [3.05, 3.63) is 58.6 Å². The Kier molecular flexibility index (Phi) is 6.83. The maximum Gasteiger partial charge on any atom is 0.253 e. The molecule has 132 valence electrons. The zero-order chi connectivity index (χ0) is 18.2. The topological polar surface area (TPSA) is 67.4 Å². The van der Waals surface area contributed by atoms with E-state index in [1.54, 1.807) is 43.4 Å². The third-order valence-electron chi connectivity index (χ3n) is 3.62. The van der Waals surface area contributed by atoms with Crippen LogP contribution < -0.4 is 15.4 Å². The van der Waals surface area contributed by atoms with Crippen LogP contribution in [0.4, 0.5) is 5.69 Å². The number of hydrogen-bond donors (Lipinski definition) is 2. The van der Waals surface area contributed by atoms with Crippen molar-refractivity contribution < 1.29 is 14.3 Å². The molecule has 0 fully saturated rings. The number of hydrogen-bond acceptors (Lipinski definition) is 3. The van der Waals surface area contributed by atoms with Crippen LogP contribution in [0, 0.1) is 6.92 Å². The van der Waals surface area contributed by atoms with Gasteiger partial charge < -0.3 is 15.4 Å². The third-order valence-corrected chi connectivity index (χ3v) is 4.04. The number of halogens is 1. The van der Waals surface area contributed by atoms with Gasteiger partial charge in [-0.3, -0.25) is 9.59 Å². The first-order chi connectivity index (χ1) is 12.0. The Hall–Kier alpha value is -2.53. The summed E-state index contributed by atoms with van der Waals surface area (Å²) in [4.78, 5) is 23.9. The highest BCUT2D eigenvalue weighted by molar-refractivity contribution is 6.31. The molecule has 2 aromatic carbocycles. The number of anilines is 1. The Bertz CT molecular complexity index is 762. The number of amides is 2. The largest absolute Gasteiger partial charge is 0.494 e. The normalized spacial score (nSPS) is 10.2. The van der Waals surface area contributed by atoms with E-state index in [4.69, 9.17) is 16.3 Å². The molecule has 2 N–H and O–H groups in total. The molecule has 0 aliphatic carbocycles. The van der Waals surface area contributed by atoms with Crippen molar-refractivity contribution in [2.24, 2.45) is 0 Å². The Labute approximate surface area is 152 Å². The van der Waals surface area contributed by atoms with Crippen molar-refractivity contribution in [3.63, 3.8) is 0 Å². The van der Waals surface area contributed by atoms with Crippen LogP contribution in [0.2, 0.25) is 5.02 Å². The minimum atomic E-state index is -0.239. The van der Waals surface area contributed by atoms with Gasteiger partial charge in [0.25, 0.3) is 5.91 Å². The quantitative estimate of drug-likeness (QED) is 0.738. The van der Waals surface area contributed by atoms with E-state index in [-0.39, 0.29) is 11.8 Å². The van der Waals surface area contributed by atoms with Crippen molar-refractivity contribution in [2.75, 3.05) is 19.0 Å². The van der Waals surface area contributed by atoms with Gasteiger partial charge in [0.1, 0.15) is 5.75 Å². The number of benzene rings is 2. The molecule has 0 atom stereocenters. The summed E-state index contributed by atoms with van der Waals surface area (Å²) in [6.45, 7) is 2.33. The second-order valence-electron chi connectivity index (χ2n) is 5.54. The van der Waals surface area contributed by atoms with E-state index in [9.17, 15) is 9.59 Å². The fourth-order valence-corrected chi connectivity index (χ4v) is 2.38. The van der Waals surface area contributed by atoms with Crippen LogP contribution in [0.3, 0.4) is 0 Å². The first-order valence-corrected chi connectivity index (χ1v) is 8.39. The molecule has 6 heteroatoms. The summed E-state index contributed by atoms with van der Waals surface area (Å²) in [6.07, 6.45) is 0.865. The molecule has 0 heterocycles. The SMILES string of the molecule is CNC(=O)c1ccccc1NC(=O)CCCOc1ccc(Cl)c(C)c1. The zero-order valence-corrected chi connectivity index (χ0v) is 15.0. The van der Waals surface area contributed by atoms with Crippen LogP contribution in [0.15, 0.2) is 42.5 Å². The smallest absolute Gasteiger partial charge is 0.253 e. The summed E-state index contributed by atoms with van der Waals surface area (Å²) in [6, 6.07) is 12.3. The fourth-order valence-electron chi connectivity index (χ4n) is 2.27. The first kappa shape index (κ1) is 18.8. The molecule has 0 aliphatic rings. The summed E-state index contributed by atoms with van der Waals surface area (Å²) in [7, 11) is 1.55. The number of nitrogens with one attached hydrogen (secondary N) is 2. The molecular formula is C19H21ClN2O3. The van der Waals surface area contributed by atoms with Crippen molar-refractivity contribution in [1.29, 1.82) is 0 Å². The monoisotopic (exact) mass is 360 g/mol. The Balaban J connectivity index is 1.81. The molecule has 0 aliphatic heterocycles. The summed E-state index contributed by atoms with van der Waals surface area (Å²) in [5.41, 5.74) is 1.88. The van der Waals surface area contributed by atoms with Gasteiger partial charge in [0, 0.05) is 18.5 Å². The van der Waals surface area contributed by atoms with E-state index in [1.807, 2.05) is 13.0 Å². The number of carbonyl (C=O) groups excluding carboxylic acids is 2. The van der Waals surface area contributed by atoms with Crippen LogP contribution in [0.25, 0.3) is 0 Å². The van der Waals surface area contributed by atoms with E-state index in [0.29, 0.717) is 35.7 Å². The number of carbonyl (C=O) groups is 2. The number of rotatable bonds is 7. The summed E-state index contributed by atoms with van der Waals surface area (Å²) >= 11 is 5.97. The van der Waals surface area contributed by atoms with Gasteiger partial charge in [0.2, 0.25) is 5.91 Å². The number of ether oxygens (including phenoxy) is 1. The molecule has 2 amide bonds. The van der Waals surface area contributed by atoms with Crippen molar-refractivity contribution in [1.82, 2.24) is 5.32 Å². The van der Waals surface area contributed by atoms with E-state index >= 15 is 0 Å². The van der Waals surface area contributed by atoms with Gasteiger partial charge in [-0.25, -0.2) is 0 Å². The molecule has 0 bridgehead atoms. The molecule has 0 radical (unpaired) electrons. The van der Waals surface area contributed by atoms with Crippen molar-refractivity contribution in [3.8, 4) is 5.75 Å². The summed E-state index contributed by atoms with van der Waals surface area (Å²) < 4.78 is 5.62. The zero-order valence-electron chi connectivity index (χ0n) is 14.3. The number of para-hydroxylation sites is 1. The second kappa shape index (κ2) is 9.08. The molecule has 0 saturated heterocycles. The van der Waals surface area contributed by atoms with Crippen molar-refractivity contribution >= 4 is 29.1 Å². The molecule has 0 saturated carbocycles. The first-order valence-electron chi connectivity index (χ1n) is 8.01. The van der Waals surface area contributed by atoms with Gasteiger partial charge in [-0.15, -0.1) is 0 Å². The molecule has 2 rings (SSSR count). The van der Waals surface area contributed by atoms with Gasteiger partial charge in [-0.05, 0) is 49.2 Å². The summed E-state index contributed by atoms with van der Waals surface area (Å²) in [5, 5.41) is 6.02. The van der Waals surface area contributed by atoms with E-state index < -0.39 is 0 Å². The second-order valence-corrected chi connectivity index (χ2v) is 5.94. The summed E-state index contributed by atoms with van der Waals surface area (Å²) in [5.74, 6) is 0.330. The van der Waals surface area contributed by atoms with E-state index in [2.05, 4.69) is 10.6 Å². The molecule has 0 aromatic heterocycles. The van der Waals surface area contributed by atoms with Gasteiger partial charge in [0.15, 0.2) is 0 Å². The van der Waals surface area contributed by atoms with E-state index in [0.717, 1.165) is 11.3 Å². The maximum absolute atomic E-state index is 12.1. The van der Waals surface area contributed by atoms with Crippen LogP contribution in [0.5, 0.6) is 5.75 Å². The highest BCUT2D eigenvalue weighted by Crippen LogP contribution is 2.21. The minimum Gasteiger partial charge on any atom is -0.494 e. The third kappa shape index (κ3) is 5.50. The Morgan fingerprint density at radius 3 is 2.64 bits per heavy atom. The molecule has 5 nitrogen and oxygen atoms in total. The predicted molar refractivity (Wildman–Crippen MR) is 99.4 cm³/mol. The van der Waals surface area contributed by atoms with Crippen LogP contribution >= 0.6 is 11.6 Å². The lowest BCUT2D eigenvalue weighted by Crippen LogP contribution is -2.21. The lowest BCUT2D eigenvalue weighted by Gasteiger charge is -2.10. The molecule has 0 unspecified atom stereocenters. The highest BCUT2D eigenvalue weighted by Gasteiger charge is 2.11. The van der Waals surface area contributed by atoms with Crippen LogP contribution in [0.1, 0.15) is 28.8 Å². The molecular weight excluding hydrogens is 340 g/mol. The standard InChI is InChI=1S/C19H21ClN2O3/c1-13-12-14(9-10-16(13)20)25-11-5-8-18(23)22-17-7-4-3-6-15(17)19(24)21-2/h3-4,6-7,9-10,12H,5,8,11H2,1-2H3,(H,21,24)(H,22,23). The van der Waals surface area contributed by atoms with Gasteiger partial charge >= 0.3 is 0 Å². The predicted octanol–water partition coefficient (Wildman–Crippen LogP) is 3.81. The highest BCUT2D eigenvalue weighted by atomic mass is 35.5. The maximum atomic E-state index is 12.1. The average Bonchev–Trinajstić information content (AvgIpc) is 2.61. The molecule has 2 aromatic rings. The van der Waals surface area contributed by atoms with Gasteiger partial charge in [-0.2, -0.15) is 0 Å². The lowest BCUT2D eigenvalue weighted by atomic mass is 10.1. The fraction of sp³-hybridized carbons (Fsp3) is 0.263. The van der Waals surface area contributed by atoms with Gasteiger partial charge in [0.05, 0.1) is 17.9 Å². The van der Waals surface area contributed by atoms with Crippen LogP contribution in [-0.2, 0) is 4.79 Å². The lowest BCUT2D eigenvalue weighted by molar-refractivity contribution is -0.116. The molecule has 25 heavy (non-hydrogen) atoms. The van der Waals surface area contributed by atoms with Gasteiger partial charge in [-0.1, -0.05) is 23.7 Å².